The third-order valence-electron chi connectivity index (χ3n) is 4.15. The summed E-state index contributed by atoms with van der Waals surface area (Å²) in [7, 11) is -3.47. The van der Waals surface area contributed by atoms with Crippen molar-refractivity contribution >= 4 is 60.5 Å². The summed E-state index contributed by atoms with van der Waals surface area (Å²) in [6.07, 6.45) is 1.95. The van der Waals surface area contributed by atoms with Crippen LogP contribution in [0.15, 0.2) is 65.0 Å². The quantitative estimate of drug-likeness (QED) is 0.464. The Hall–Kier alpha value is -1.93. The molecule has 29 heavy (non-hydrogen) atoms. The zero-order valence-electron chi connectivity index (χ0n) is 15.3. The lowest BCUT2D eigenvalue weighted by atomic mass is 10.3. The van der Waals surface area contributed by atoms with Crippen LogP contribution in [0.5, 0.6) is 0 Å². The van der Waals surface area contributed by atoms with Crippen LogP contribution in [0.4, 0.5) is 0 Å². The number of aromatic nitrogens is 1. The maximum Gasteiger partial charge on any atom is 0.248 e. The molecule has 0 aliphatic heterocycles. The lowest BCUT2D eigenvalue weighted by Crippen LogP contribution is -2.16. The second-order valence-electron chi connectivity index (χ2n) is 6.28. The summed E-state index contributed by atoms with van der Waals surface area (Å²) >= 11 is 13.2. The van der Waals surface area contributed by atoms with Crippen LogP contribution in [0.2, 0.25) is 10.0 Å². The Morgan fingerprint density at radius 1 is 1.14 bits per heavy atom. The fourth-order valence-electron chi connectivity index (χ4n) is 2.77. The molecule has 2 aromatic carbocycles. The van der Waals surface area contributed by atoms with Crippen LogP contribution < -0.4 is 4.80 Å². The number of fused-ring (bicyclic) bond motifs is 1. The molecular formula is C20H18Cl2N2O3S2. The van der Waals surface area contributed by atoms with Gasteiger partial charge in [-0.2, -0.15) is 4.99 Å². The average Bonchev–Trinajstić information content (AvgIpc) is 2.98. The molecule has 0 radical (unpaired) electrons. The maximum absolute atomic E-state index is 12.4. The molecule has 9 heteroatoms. The van der Waals surface area contributed by atoms with Crippen LogP contribution in [0.1, 0.15) is 12.8 Å². The minimum absolute atomic E-state index is 0.0376. The monoisotopic (exact) mass is 468 g/mol. The van der Waals surface area contributed by atoms with E-state index in [1.165, 1.54) is 35.6 Å². The van der Waals surface area contributed by atoms with Gasteiger partial charge in [-0.25, -0.2) is 8.42 Å². The first-order chi connectivity index (χ1) is 13.8. The van der Waals surface area contributed by atoms with E-state index in [0.29, 0.717) is 21.4 Å². The Bertz CT molecular complexity index is 1230. The van der Waals surface area contributed by atoms with Gasteiger partial charge in [-0.3, -0.25) is 4.79 Å². The smallest absolute Gasteiger partial charge is 0.248 e. The summed E-state index contributed by atoms with van der Waals surface area (Å²) in [6, 6.07) is 11.5. The van der Waals surface area contributed by atoms with E-state index in [1.807, 2.05) is 16.7 Å². The van der Waals surface area contributed by atoms with Crippen LogP contribution >= 0.6 is 34.5 Å². The van der Waals surface area contributed by atoms with Gasteiger partial charge in [0, 0.05) is 23.0 Å². The zero-order valence-corrected chi connectivity index (χ0v) is 18.5. The van der Waals surface area contributed by atoms with E-state index in [9.17, 15) is 13.2 Å². The van der Waals surface area contributed by atoms with Crippen molar-refractivity contribution in [3.8, 4) is 0 Å². The van der Waals surface area contributed by atoms with Crippen LogP contribution in [0.25, 0.3) is 10.2 Å². The number of halogens is 2. The minimum Gasteiger partial charge on any atom is -0.313 e. The second-order valence-corrected chi connectivity index (χ2v) is 10.3. The van der Waals surface area contributed by atoms with Gasteiger partial charge in [0.15, 0.2) is 14.6 Å². The zero-order chi connectivity index (χ0) is 21.0. The third-order valence-corrected chi connectivity index (χ3v) is 7.50. The molecule has 152 valence electrons. The first-order valence-electron chi connectivity index (χ1n) is 8.76. The van der Waals surface area contributed by atoms with E-state index in [1.54, 1.807) is 12.1 Å². The standard InChI is InChI=1S/C20H18Cl2N2O3S2/c1-2-11-24-17-10-7-15(22)13-18(17)28-20(24)23-19(25)4-3-12-29(26,27)16-8-5-14(21)6-9-16/h2,5-10,13H,1,3-4,11-12H2. The molecule has 0 unspecified atom stereocenters. The predicted octanol–water partition coefficient (Wildman–Crippen LogP) is 4.88. The van der Waals surface area contributed by atoms with Crippen molar-refractivity contribution in [2.45, 2.75) is 24.3 Å². The molecule has 0 bridgehead atoms. The second kappa shape index (κ2) is 9.26. The number of benzene rings is 2. The number of hydrogen-bond acceptors (Lipinski definition) is 4. The number of nitrogens with zero attached hydrogens (tertiary/aromatic N) is 2. The number of carbonyl (C=O) groups excluding carboxylic acids is 1. The third kappa shape index (κ3) is 5.36. The molecular weight excluding hydrogens is 451 g/mol. The molecule has 0 aliphatic carbocycles. The topological polar surface area (TPSA) is 68.5 Å². The van der Waals surface area contributed by atoms with Crippen LogP contribution in [0.3, 0.4) is 0 Å². The number of allylic oxidation sites excluding steroid dienone is 1. The molecule has 3 aromatic rings. The number of thiazole rings is 1. The Balaban J connectivity index is 1.74. The minimum atomic E-state index is -3.47. The van der Waals surface area contributed by atoms with Crippen LogP contribution in [0, 0.1) is 0 Å². The Labute approximate surface area is 182 Å². The highest BCUT2D eigenvalue weighted by Crippen LogP contribution is 2.22. The maximum atomic E-state index is 12.4. The SMILES string of the molecule is C=CCn1c(=NC(=O)CCCS(=O)(=O)c2ccc(Cl)cc2)sc2cc(Cl)ccc21. The van der Waals surface area contributed by atoms with Gasteiger partial charge in [-0.15, -0.1) is 6.58 Å². The average molecular weight is 469 g/mol. The molecule has 5 nitrogen and oxygen atoms in total. The van der Waals surface area contributed by atoms with Gasteiger partial charge in [0.1, 0.15) is 0 Å². The summed E-state index contributed by atoms with van der Waals surface area (Å²) < 4.78 is 27.5. The van der Waals surface area contributed by atoms with E-state index in [-0.39, 0.29) is 29.4 Å². The van der Waals surface area contributed by atoms with Crippen molar-refractivity contribution < 1.29 is 13.2 Å². The van der Waals surface area contributed by atoms with Crippen molar-refractivity contribution in [2.24, 2.45) is 4.99 Å². The fourth-order valence-corrected chi connectivity index (χ4v) is 5.54. The molecule has 0 saturated carbocycles. The van der Waals surface area contributed by atoms with E-state index in [0.717, 1.165) is 10.2 Å². The van der Waals surface area contributed by atoms with Crippen molar-refractivity contribution in [2.75, 3.05) is 5.75 Å². The molecule has 1 aromatic heterocycles. The molecule has 0 spiro atoms. The lowest BCUT2D eigenvalue weighted by molar-refractivity contribution is -0.118. The van der Waals surface area contributed by atoms with E-state index in [4.69, 9.17) is 23.2 Å². The molecule has 1 amide bonds. The highest BCUT2D eigenvalue weighted by atomic mass is 35.5. The number of hydrogen-bond donors (Lipinski definition) is 0. The van der Waals surface area contributed by atoms with Gasteiger partial charge in [0.25, 0.3) is 0 Å². The van der Waals surface area contributed by atoms with Gasteiger partial charge in [0.05, 0.1) is 20.9 Å². The van der Waals surface area contributed by atoms with E-state index in [2.05, 4.69) is 11.6 Å². The number of rotatable bonds is 7. The van der Waals surface area contributed by atoms with Crippen LogP contribution in [-0.2, 0) is 21.2 Å². The van der Waals surface area contributed by atoms with Crippen molar-refractivity contribution in [3.63, 3.8) is 0 Å². The van der Waals surface area contributed by atoms with E-state index >= 15 is 0 Å². The van der Waals surface area contributed by atoms with Crippen molar-refractivity contribution in [1.29, 1.82) is 0 Å². The van der Waals surface area contributed by atoms with Gasteiger partial charge in [-0.05, 0) is 48.9 Å². The molecule has 3 rings (SSSR count). The van der Waals surface area contributed by atoms with Gasteiger partial charge in [-0.1, -0.05) is 40.6 Å². The number of sulfone groups is 1. The van der Waals surface area contributed by atoms with Gasteiger partial charge < -0.3 is 4.57 Å². The molecule has 0 fully saturated rings. The lowest BCUT2D eigenvalue weighted by Gasteiger charge is -2.04. The van der Waals surface area contributed by atoms with E-state index < -0.39 is 9.84 Å². The number of carbonyl (C=O) groups is 1. The fraction of sp³-hybridized carbons (Fsp3) is 0.200. The van der Waals surface area contributed by atoms with Gasteiger partial charge in [0.2, 0.25) is 5.91 Å². The Morgan fingerprint density at radius 3 is 2.52 bits per heavy atom. The van der Waals surface area contributed by atoms with Crippen molar-refractivity contribution in [1.82, 2.24) is 4.57 Å². The molecule has 0 atom stereocenters. The summed E-state index contributed by atoms with van der Waals surface area (Å²) in [5.41, 5.74) is 0.913. The predicted molar refractivity (Wildman–Crippen MR) is 118 cm³/mol. The molecule has 1 heterocycles. The van der Waals surface area contributed by atoms with Gasteiger partial charge >= 0.3 is 0 Å². The highest BCUT2D eigenvalue weighted by molar-refractivity contribution is 7.91. The highest BCUT2D eigenvalue weighted by Gasteiger charge is 2.15. The first kappa shape index (κ1) is 21.8. The Kier molecular flexibility index (Phi) is 6.95. The summed E-state index contributed by atoms with van der Waals surface area (Å²) in [5.74, 6) is -0.503. The normalized spacial score (nSPS) is 12.4. The summed E-state index contributed by atoms with van der Waals surface area (Å²) in [6.45, 7) is 4.25. The van der Waals surface area contributed by atoms with Crippen LogP contribution in [-0.4, -0.2) is 24.6 Å². The summed E-state index contributed by atoms with van der Waals surface area (Å²) in [5, 5.41) is 1.07. The molecule has 0 N–H and O–H groups in total. The largest absolute Gasteiger partial charge is 0.313 e. The number of amides is 1. The van der Waals surface area contributed by atoms with Crippen molar-refractivity contribution in [3.05, 3.63) is 70.0 Å². The molecule has 0 saturated heterocycles. The Morgan fingerprint density at radius 2 is 1.83 bits per heavy atom. The molecule has 0 aliphatic rings. The first-order valence-corrected chi connectivity index (χ1v) is 12.0. The summed E-state index contributed by atoms with van der Waals surface area (Å²) in [4.78, 5) is 17.3.